The molecular weight excluding hydrogens is 388 g/mol. The maximum absolute atomic E-state index is 12.4. The summed E-state index contributed by atoms with van der Waals surface area (Å²) < 4.78 is 27.0. The van der Waals surface area contributed by atoms with E-state index in [0.717, 1.165) is 5.56 Å². The number of nitrogens with one attached hydrogen (secondary N) is 2. The SMILES string of the molecule is Cc1ccc(CCC(=O)Nc2ccc(S(=O)(=O)Nc3ncccn3)cc2)c(C)c1. The highest BCUT2D eigenvalue weighted by Crippen LogP contribution is 2.17. The van der Waals surface area contributed by atoms with Gasteiger partial charge in [0.15, 0.2) is 0 Å². The zero-order valence-corrected chi connectivity index (χ0v) is 17.0. The van der Waals surface area contributed by atoms with Crippen molar-refractivity contribution < 1.29 is 13.2 Å². The van der Waals surface area contributed by atoms with Crippen molar-refractivity contribution >= 4 is 27.6 Å². The summed E-state index contributed by atoms with van der Waals surface area (Å²) in [5.41, 5.74) is 4.04. The molecule has 0 saturated carbocycles. The van der Waals surface area contributed by atoms with E-state index in [9.17, 15) is 13.2 Å². The molecule has 7 nitrogen and oxygen atoms in total. The predicted molar refractivity (Wildman–Crippen MR) is 112 cm³/mol. The van der Waals surface area contributed by atoms with Crippen LogP contribution in [0.1, 0.15) is 23.1 Å². The van der Waals surface area contributed by atoms with Gasteiger partial charge in [-0.25, -0.2) is 23.1 Å². The molecule has 150 valence electrons. The fourth-order valence-corrected chi connectivity index (χ4v) is 3.80. The lowest BCUT2D eigenvalue weighted by atomic mass is 10.0. The van der Waals surface area contributed by atoms with Gasteiger partial charge in [-0.15, -0.1) is 0 Å². The van der Waals surface area contributed by atoms with Crippen molar-refractivity contribution in [3.8, 4) is 0 Å². The number of benzene rings is 2. The van der Waals surface area contributed by atoms with Gasteiger partial charge in [0, 0.05) is 24.5 Å². The third-order valence-corrected chi connectivity index (χ3v) is 5.70. The highest BCUT2D eigenvalue weighted by atomic mass is 32.2. The number of hydrogen-bond donors (Lipinski definition) is 2. The molecule has 2 N–H and O–H groups in total. The third-order valence-electron chi connectivity index (χ3n) is 4.36. The number of aryl methyl sites for hydroxylation is 3. The second-order valence-electron chi connectivity index (χ2n) is 6.68. The maximum Gasteiger partial charge on any atom is 0.264 e. The van der Waals surface area contributed by atoms with Crippen LogP contribution in [0.3, 0.4) is 0 Å². The van der Waals surface area contributed by atoms with E-state index in [1.54, 1.807) is 18.2 Å². The Balaban J connectivity index is 1.59. The summed E-state index contributed by atoms with van der Waals surface area (Å²) in [4.78, 5) is 20.0. The van der Waals surface area contributed by atoms with Crippen LogP contribution < -0.4 is 10.0 Å². The Kier molecular flexibility index (Phi) is 6.23. The van der Waals surface area contributed by atoms with E-state index in [2.05, 4.69) is 26.1 Å². The molecule has 0 aliphatic rings. The van der Waals surface area contributed by atoms with E-state index >= 15 is 0 Å². The molecule has 29 heavy (non-hydrogen) atoms. The normalized spacial score (nSPS) is 11.1. The van der Waals surface area contributed by atoms with Crippen LogP contribution in [0.5, 0.6) is 0 Å². The van der Waals surface area contributed by atoms with Crippen molar-refractivity contribution in [2.45, 2.75) is 31.6 Å². The molecule has 1 aromatic heterocycles. The molecule has 0 spiro atoms. The van der Waals surface area contributed by atoms with E-state index in [0.29, 0.717) is 18.5 Å². The Labute approximate surface area is 170 Å². The lowest BCUT2D eigenvalue weighted by Gasteiger charge is -2.09. The van der Waals surface area contributed by atoms with Gasteiger partial charge in [-0.05, 0) is 61.7 Å². The number of anilines is 2. The summed E-state index contributed by atoms with van der Waals surface area (Å²) in [5.74, 6) is -0.132. The third kappa shape index (κ3) is 5.61. The van der Waals surface area contributed by atoms with Gasteiger partial charge in [-0.3, -0.25) is 4.79 Å². The minimum absolute atomic E-state index is 0.00345. The lowest BCUT2D eigenvalue weighted by molar-refractivity contribution is -0.116. The zero-order chi connectivity index (χ0) is 20.9. The van der Waals surface area contributed by atoms with Crippen molar-refractivity contribution in [1.82, 2.24) is 9.97 Å². The zero-order valence-electron chi connectivity index (χ0n) is 16.2. The Bertz CT molecular complexity index is 1100. The molecule has 3 aromatic rings. The molecule has 2 aromatic carbocycles. The molecule has 1 heterocycles. The average molecular weight is 410 g/mol. The number of amides is 1. The van der Waals surface area contributed by atoms with Gasteiger partial charge in [0.2, 0.25) is 11.9 Å². The van der Waals surface area contributed by atoms with Crippen molar-refractivity contribution in [1.29, 1.82) is 0 Å². The number of sulfonamides is 1. The first-order valence-electron chi connectivity index (χ1n) is 9.09. The molecule has 0 atom stereocenters. The van der Waals surface area contributed by atoms with Gasteiger partial charge in [-0.1, -0.05) is 23.8 Å². The molecule has 1 amide bonds. The van der Waals surface area contributed by atoms with Gasteiger partial charge < -0.3 is 5.32 Å². The molecule has 0 saturated heterocycles. The second-order valence-corrected chi connectivity index (χ2v) is 8.36. The van der Waals surface area contributed by atoms with E-state index in [1.807, 2.05) is 26.0 Å². The van der Waals surface area contributed by atoms with E-state index in [4.69, 9.17) is 0 Å². The van der Waals surface area contributed by atoms with Gasteiger partial charge in [0.25, 0.3) is 10.0 Å². The minimum Gasteiger partial charge on any atom is -0.326 e. The standard InChI is InChI=1S/C21H22N4O3S/c1-15-4-5-17(16(2)14-15)6-11-20(26)24-18-7-9-19(10-8-18)29(27,28)25-21-22-12-3-13-23-21/h3-5,7-10,12-14H,6,11H2,1-2H3,(H,24,26)(H,22,23,25). The summed E-state index contributed by atoms with van der Waals surface area (Å²) >= 11 is 0. The van der Waals surface area contributed by atoms with E-state index in [-0.39, 0.29) is 16.8 Å². The Morgan fingerprint density at radius 3 is 2.34 bits per heavy atom. The summed E-state index contributed by atoms with van der Waals surface area (Å²) in [5, 5.41) is 2.79. The second kappa shape index (κ2) is 8.83. The Morgan fingerprint density at radius 1 is 1.00 bits per heavy atom. The topological polar surface area (TPSA) is 101 Å². The molecule has 0 unspecified atom stereocenters. The fourth-order valence-electron chi connectivity index (χ4n) is 2.85. The van der Waals surface area contributed by atoms with E-state index in [1.165, 1.54) is 35.7 Å². The van der Waals surface area contributed by atoms with Crippen molar-refractivity contribution in [3.63, 3.8) is 0 Å². The van der Waals surface area contributed by atoms with Crippen LogP contribution >= 0.6 is 0 Å². The molecular formula is C21H22N4O3S. The number of aromatic nitrogens is 2. The molecule has 0 aliphatic carbocycles. The number of carbonyl (C=O) groups is 1. The van der Waals surface area contributed by atoms with Crippen LogP contribution in [0.15, 0.2) is 65.8 Å². The summed E-state index contributed by atoms with van der Waals surface area (Å²) in [6.45, 7) is 4.07. The lowest BCUT2D eigenvalue weighted by Crippen LogP contribution is -2.15. The Morgan fingerprint density at radius 2 is 1.69 bits per heavy atom. The van der Waals surface area contributed by atoms with Gasteiger partial charge in [0.1, 0.15) is 0 Å². The first-order valence-corrected chi connectivity index (χ1v) is 10.6. The van der Waals surface area contributed by atoms with Crippen molar-refractivity contribution in [2.24, 2.45) is 0 Å². The molecule has 3 rings (SSSR count). The summed E-state index contributed by atoms with van der Waals surface area (Å²) in [6, 6.07) is 13.7. The number of nitrogens with zero attached hydrogens (tertiary/aromatic N) is 2. The van der Waals surface area contributed by atoms with Gasteiger partial charge in [0.05, 0.1) is 4.90 Å². The Hall–Kier alpha value is -3.26. The maximum atomic E-state index is 12.4. The number of carbonyl (C=O) groups excluding carboxylic acids is 1. The van der Waals surface area contributed by atoms with Crippen LogP contribution in [-0.4, -0.2) is 24.3 Å². The molecule has 0 bridgehead atoms. The van der Waals surface area contributed by atoms with Crippen molar-refractivity contribution in [3.05, 3.63) is 77.6 Å². The predicted octanol–water partition coefficient (Wildman–Crippen LogP) is 3.47. The van der Waals surface area contributed by atoms with Crippen LogP contribution in [0, 0.1) is 13.8 Å². The van der Waals surface area contributed by atoms with Crippen LogP contribution in [-0.2, 0) is 21.2 Å². The summed E-state index contributed by atoms with van der Waals surface area (Å²) in [6.07, 6.45) is 3.88. The molecule has 0 aliphatic heterocycles. The fraction of sp³-hybridized carbons (Fsp3) is 0.190. The number of hydrogen-bond acceptors (Lipinski definition) is 5. The monoisotopic (exact) mass is 410 g/mol. The van der Waals surface area contributed by atoms with Gasteiger partial charge >= 0.3 is 0 Å². The molecule has 8 heteroatoms. The van der Waals surface area contributed by atoms with E-state index < -0.39 is 10.0 Å². The highest BCUT2D eigenvalue weighted by Gasteiger charge is 2.15. The largest absolute Gasteiger partial charge is 0.326 e. The average Bonchev–Trinajstić information content (AvgIpc) is 2.68. The quantitative estimate of drug-likeness (QED) is 0.621. The smallest absolute Gasteiger partial charge is 0.264 e. The van der Waals surface area contributed by atoms with Crippen LogP contribution in [0.4, 0.5) is 11.6 Å². The molecule has 0 radical (unpaired) electrons. The highest BCUT2D eigenvalue weighted by molar-refractivity contribution is 7.92. The van der Waals surface area contributed by atoms with Gasteiger partial charge in [-0.2, -0.15) is 0 Å². The molecule has 0 fully saturated rings. The van der Waals surface area contributed by atoms with Crippen LogP contribution in [0.2, 0.25) is 0 Å². The number of rotatable bonds is 7. The minimum atomic E-state index is -3.80. The van der Waals surface area contributed by atoms with Crippen molar-refractivity contribution in [2.75, 3.05) is 10.0 Å². The first-order chi connectivity index (χ1) is 13.8. The summed E-state index contributed by atoms with van der Waals surface area (Å²) in [7, 11) is -3.80. The van der Waals surface area contributed by atoms with Crippen LogP contribution in [0.25, 0.3) is 0 Å². The first kappa shape index (κ1) is 20.5.